The molecule has 2 N–H and O–H groups in total. The van der Waals surface area contributed by atoms with Gasteiger partial charge in [-0.15, -0.1) is 0 Å². The van der Waals surface area contributed by atoms with E-state index in [9.17, 15) is 18.8 Å². The second kappa shape index (κ2) is 7.61. The van der Waals surface area contributed by atoms with Gasteiger partial charge in [-0.1, -0.05) is 6.07 Å². The number of halogens is 1. The summed E-state index contributed by atoms with van der Waals surface area (Å²) in [6.07, 6.45) is 3.16. The van der Waals surface area contributed by atoms with Crippen molar-refractivity contribution < 1.29 is 18.7 Å². The quantitative estimate of drug-likeness (QED) is 0.806. The van der Waals surface area contributed by atoms with E-state index in [-0.39, 0.29) is 35.4 Å². The molecule has 1 saturated carbocycles. The number of nitrogens with zero attached hydrogens (tertiary/aromatic N) is 1. The van der Waals surface area contributed by atoms with Crippen LogP contribution in [-0.4, -0.2) is 41.9 Å². The van der Waals surface area contributed by atoms with Crippen LogP contribution in [0.2, 0.25) is 0 Å². The molecule has 1 aliphatic carbocycles. The molecule has 8 heteroatoms. The Morgan fingerprint density at radius 3 is 2.74 bits per heavy atom. The summed E-state index contributed by atoms with van der Waals surface area (Å²) >= 11 is 0. The lowest BCUT2D eigenvalue weighted by Crippen LogP contribution is -2.33. The second-order valence-corrected chi connectivity index (χ2v) is 6.51. The fraction of sp³-hybridized carbons (Fsp3) is 0.316. The number of rotatable bonds is 6. The zero-order chi connectivity index (χ0) is 19.6. The van der Waals surface area contributed by atoms with Crippen molar-refractivity contribution >= 4 is 11.8 Å². The van der Waals surface area contributed by atoms with Crippen LogP contribution in [0.4, 0.5) is 4.39 Å². The van der Waals surface area contributed by atoms with E-state index in [4.69, 9.17) is 4.74 Å². The van der Waals surface area contributed by atoms with Crippen LogP contribution >= 0.6 is 0 Å². The number of carbonyl (C=O) groups is 2. The largest absolute Gasteiger partial charge is 0.494 e. The number of benzene rings is 1. The number of methoxy groups -OCH3 is 1. The number of carbonyl (C=O) groups excluding carboxylic acids is 2. The van der Waals surface area contributed by atoms with E-state index in [0.29, 0.717) is 5.56 Å². The van der Waals surface area contributed by atoms with E-state index >= 15 is 0 Å². The van der Waals surface area contributed by atoms with Gasteiger partial charge < -0.3 is 19.9 Å². The Morgan fingerprint density at radius 2 is 2.07 bits per heavy atom. The number of aromatic nitrogens is 1. The van der Waals surface area contributed by atoms with Crippen molar-refractivity contribution in [1.29, 1.82) is 0 Å². The fourth-order valence-corrected chi connectivity index (χ4v) is 2.62. The number of amides is 2. The summed E-state index contributed by atoms with van der Waals surface area (Å²) in [5.41, 5.74) is 0.159. The van der Waals surface area contributed by atoms with Crippen LogP contribution in [0.5, 0.6) is 5.75 Å². The van der Waals surface area contributed by atoms with Crippen molar-refractivity contribution in [1.82, 2.24) is 15.2 Å². The average Bonchev–Trinajstić information content (AvgIpc) is 3.46. The monoisotopic (exact) mass is 373 g/mol. The third-order valence-electron chi connectivity index (χ3n) is 4.29. The zero-order valence-corrected chi connectivity index (χ0v) is 15.0. The van der Waals surface area contributed by atoms with Gasteiger partial charge in [-0.05, 0) is 36.6 Å². The molecule has 2 amide bonds. The van der Waals surface area contributed by atoms with Crippen molar-refractivity contribution in [3.8, 4) is 5.75 Å². The topological polar surface area (TPSA) is 91.5 Å². The molecule has 0 atom stereocenters. The molecule has 27 heavy (non-hydrogen) atoms. The van der Waals surface area contributed by atoms with Crippen molar-refractivity contribution in [3.63, 3.8) is 0 Å². The SMILES string of the molecule is COc1cc(CN(C)C(=O)c2cc(C(=O)NC3CC3)c[nH]c2=O)ccc1F. The predicted molar refractivity (Wildman–Crippen MR) is 96.3 cm³/mol. The van der Waals surface area contributed by atoms with Gasteiger partial charge in [0, 0.05) is 25.8 Å². The molecule has 1 aromatic heterocycles. The maximum atomic E-state index is 13.5. The summed E-state index contributed by atoms with van der Waals surface area (Å²) in [5.74, 6) is -1.29. The number of hydrogen-bond donors (Lipinski definition) is 2. The molecule has 1 aromatic carbocycles. The summed E-state index contributed by atoms with van der Waals surface area (Å²) in [6, 6.07) is 5.73. The van der Waals surface area contributed by atoms with E-state index in [2.05, 4.69) is 10.3 Å². The number of ether oxygens (including phenoxy) is 1. The van der Waals surface area contributed by atoms with Gasteiger partial charge in [-0.25, -0.2) is 4.39 Å². The Bertz CT molecular complexity index is 937. The molecular formula is C19H20FN3O4. The Labute approximate surface area is 155 Å². The summed E-state index contributed by atoms with van der Waals surface area (Å²) < 4.78 is 18.4. The van der Waals surface area contributed by atoms with E-state index in [1.54, 1.807) is 0 Å². The Hall–Kier alpha value is -3.16. The molecule has 0 bridgehead atoms. The maximum Gasteiger partial charge on any atom is 0.260 e. The summed E-state index contributed by atoms with van der Waals surface area (Å²) in [4.78, 5) is 40.6. The lowest BCUT2D eigenvalue weighted by Gasteiger charge is -2.18. The molecule has 3 rings (SSSR count). The van der Waals surface area contributed by atoms with Crippen LogP contribution in [0.1, 0.15) is 39.1 Å². The third kappa shape index (κ3) is 4.33. The minimum atomic E-state index is -0.577. The number of hydrogen-bond acceptors (Lipinski definition) is 4. The Kier molecular flexibility index (Phi) is 5.25. The van der Waals surface area contributed by atoms with Gasteiger partial charge in [-0.3, -0.25) is 14.4 Å². The first kappa shape index (κ1) is 18.6. The molecule has 0 aliphatic heterocycles. The molecule has 0 spiro atoms. The molecule has 2 aromatic rings. The molecule has 0 saturated heterocycles. The van der Waals surface area contributed by atoms with Crippen LogP contribution in [-0.2, 0) is 6.54 Å². The van der Waals surface area contributed by atoms with Gasteiger partial charge in [-0.2, -0.15) is 0 Å². The van der Waals surface area contributed by atoms with Crippen LogP contribution < -0.4 is 15.6 Å². The summed E-state index contributed by atoms with van der Waals surface area (Å²) in [5, 5.41) is 2.81. The molecule has 142 valence electrons. The predicted octanol–water partition coefficient (Wildman–Crippen LogP) is 1.69. The van der Waals surface area contributed by atoms with Gasteiger partial charge in [0.05, 0.1) is 12.7 Å². The smallest absolute Gasteiger partial charge is 0.260 e. The Morgan fingerprint density at radius 1 is 1.33 bits per heavy atom. The molecule has 0 unspecified atom stereocenters. The second-order valence-electron chi connectivity index (χ2n) is 6.51. The van der Waals surface area contributed by atoms with Crippen molar-refractivity contribution in [2.75, 3.05) is 14.2 Å². The highest BCUT2D eigenvalue weighted by Crippen LogP contribution is 2.20. The highest BCUT2D eigenvalue weighted by Gasteiger charge is 2.25. The van der Waals surface area contributed by atoms with Gasteiger partial charge >= 0.3 is 0 Å². The van der Waals surface area contributed by atoms with Crippen molar-refractivity contribution in [2.24, 2.45) is 0 Å². The molecule has 1 fully saturated rings. The van der Waals surface area contributed by atoms with E-state index in [1.165, 1.54) is 49.5 Å². The highest BCUT2D eigenvalue weighted by molar-refractivity contribution is 5.99. The first-order chi connectivity index (χ1) is 12.9. The summed E-state index contributed by atoms with van der Waals surface area (Å²) in [7, 11) is 2.88. The third-order valence-corrected chi connectivity index (χ3v) is 4.29. The first-order valence-electron chi connectivity index (χ1n) is 8.50. The van der Waals surface area contributed by atoms with Crippen molar-refractivity contribution in [2.45, 2.75) is 25.4 Å². The number of aromatic amines is 1. The fourth-order valence-electron chi connectivity index (χ4n) is 2.62. The van der Waals surface area contributed by atoms with Crippen LogP contribution in [0.25, 0.3) is 0 Å². The number of H-pyrrole nitrogens is 1. The molecule has 0 radical (unpaired) electrons. The maximum absolute atomic E-state index is 13.5. The van der Waals surface area contributed by atoms with Crippen LogP contribution in [0.15, 0.2) is 35.3 Å². The lowest BCUT2D eigenvalue weighted by molar-refractivity contribution is 0.0783. The standard InChI is InChI=1S/C19H20FN3O4/c1-23(10-11-3-6-15(20)16(7-11)27-2)19(26)14-8-12(9-21-18(14)25)17(24)22-13-4-5-13/h3,6-9,13H,4-5,10H2,1-2H3,(H,21,25)(H,22,24). The number of pyridine rings is 1. The van der Waals surface area contributed by atoms with Gasteiger partial charge in [0.25, 0.3) is 17.4 Å². The van der Waals surface area contributed by atoms with Gasteiger partial charge in [0.2, 0.25) is 0 Å². The van der Waals surface area contributed by atoms with Crippen LogP contribution in [0.3, 0.4) is 0 Å². The zero-order valence-electron chi connectivity index (χ0n) is 15.0. The molecule has 1 aliphatic rings. The lowest BCUT2D eigenvalue weighted by atomic mass is 10.1. The summed E-state index contributed by atoms with van der Waals surface area (Å²) in [6.45, 7) is 0.146. The molecule has 7 nitrogen and oxygen atoms in total. The highest BCUT2D eigenvalue weighted by atomic mass is 19.1. The molecular weight excluding hydrogens is 353 g/mol. The normalized spacial score (nSPS) is 13.1. The van der Waals surface area contributed by atoms with Gasteiger partial charge in [0.15, 0.2) is 11.6 Å². The first-order valence-corrected chi connectivity index (χ1v) is 8.50. The van der Waals surface area contributed by atoms with E-state index in [1.807, 2.05) is 0 Å². The number of nitrogens with one attached hydrogen (secondary N) is 2. The minimum Gasteiger partial charge on any atom is -0.494 e. The van der Waals surface area contributed by atoms with Crippen molar-refractivity contribution in [3.05, 3.63) is 63.3 Å². The van der Waals surface area contributed by atoms with Gasteiger partial charge in [0.1, 0.15) is 5.56 Å². The molecule has 1 heterocycles. The van der Waals surface area contributed by atoms with E-state index in [0.717, 1.165) is 12.8 Å². The minimum absolute atomic E-state index is 0.0740. The van der Waals surface area contributed by atoms with Crippen LogP contribution in [0, 0.1) is 5.82 Å². The Balaban J connectivity index is 1.77. The average molecular weight is 373 g/mol. The van der Waals surface area contributed by atoms with E-state index < -0.39 is 17.3 Å².